The Hall–Kier alpha value is -3.25. The van der Waals surface area contributed by atoms with Crippen molar-refractivity contribution in [3.05, 3.63) is 120 Å². The van der Waals surface area contributed by atoms with Gasteiger partial charge in [-0.15, -0.1) is 13.2 Å². The first-order chi connectivity index (χ1) is 27.4. The standard InChI is InChI=1S/C20H33NO2.C9H13N.C8H16.C8H10.2C2H6.C2H4.CH5N/c1-14(2)11-17(5)21(6)20(23)12-18(13-22)9-10-19-15(3)7-8-16(19)4;1-8-2-4-9(5-3-8)6-7-10;2*1-2-8-6-4-3-5-7-8;4*1-2/h7-8,13-15,18,20,23H,5,9-12H2,1-4,6H3;2-5H,6-7,10H2,1H3;8H,2-7H2,1H3;3-7H,2H2,1H3;2*1-2H3;1-2H2;2H2,1H3/t15?,18-,20?;;;;;;;/m0......./s1. The van der Waals surface area contributed by atoms with Crippen LogP contribution in [-0.4, -0.2) is 43.2 Å². The van der Waals surface area contributed by atoms with Crippen LogP contribution in [0.3, 0.4) is 0 Å². The second kappa shape index (κ2) is 42.4. The molecule has 1 fully saturated rings. The summed E-state index contributed by atoms with van der Waals surface area (Å²) < 4.78 is 0. The highest BCUT2D eigenvalue weighted by Crippen LogP contribution is 2.30. The number of benzene rings is 2. The maximum absolute atomic E-state index is 11.4. The predicted octanol–water partition coefficient (Wildman–Crippen LogP) is 13.5. The smallest absolute Gasteiger partial charge is 0.127 e. The van der Waals surface area contributed by atoms with E-state index in [9.17, 15) is 9.90 Å². The van der Waals surface area contributed by atoms with Gasteiger partial charge in [0.25, 0.3) is 0 Å². The zero-order valence-corrected chi connectivity index (χ0v) is 39.6. The lowest BCUT2D eigenvalue weighted by Gasteiger charge is -2.30. The largest absolute Gasteiger partial charge is 0.374 e. The Kier molecular flexibility index (Phi) is 44.9. The molecular formula is C52H93N3O2. The number of carbonyl (C=O) groups excluding carboxylic acids is 1. The van der Waals surface area contributed by atoms with Crippen molar-refractivity contribution in [2.45, 2.75) is 159 Å². The average Bonchev–Trinajstić information content (AvgIpc) is 3.59. The van der Waals surface area contributed by atoms with Crippen LogP contribution in [0.2, 0.25) is 0 Å². The molecule has 1 saturated carbocycles. The minimum Gasteiger partial charge on any atom is -0.374 e. The Morgan fingerprint density at radius 3 is 1.82 bits per heavy atom. The van der Waals surface area contributed by atoms with Crippen LogP contribution in [0.1, 0.15) is 150 Å². The Morgan fingerprint density at radius 1 is 0.895 bits per heavy atom. The number of aliphatic hydroxyl groups is 1. The van der Waals surface area contributed by atoms with Gasteiger partial charge in [-0.25, -0.2) is 0 Å². The monoisotopic (exact) mass is 792 g/mol. The van der Waals surface area contributed by atoms with E-state index in [0.29, 0.717) is 18.3 Å². The van der Waals surface area contributed by atoms with Gasteiger partial charge >= 0.3 is 0 Å². The van der Waals surface area contributed by atoms with Gasteiger partial charge in [-0.2, -0.15) is 0 Å². The molecule has 328 valence electrons. The van der Waals surface area contributed by atoms with Gasteiger partial charge in [-0.05, 0) is 88.4 Å². The first-order valence-corrected chi connectivity index (χ1v) is 22.2. The summed E-state index contributed by atoms with van der Waals surface area (Å²) in [6.45, 7) is 33.9. The third kappa shape index (κ3) is 31.4. The van der Waals surface area contributed by atoms with Gasteiger partial charge in [-0.1, -0.05) is 191 Å². The number of hydrogen-bond donors (Lipinski definition) is 3. The molecule has 2 aromatic carbocycles. The fourth-order valence-corrected chi connectivity index (χ4v) is 6.36. The summed E-state index contributed by atoms with van der Waals surface area (Å²) in [5.41, 5.74) is 17.6. The van der Waals surface area contributed by atoms with Crippen LogP contribution in [0.15, 0.2) is 103 Å². The topological polar surface area (TPSA) is 92.6 Å². The molecule has 0 heterocycles. The normalized spacial score (nSPS) is 14.8. The second-order valence-corrected chi connectivity index (χ2v) is 14.6. The molecule has 0 aromatic heterocycles. The molecular weight excluding hydrogens is 699 g/mol. The molecule has 3 atom stereocenters. The van der Waals surface area contributed by atoms with Crippen molar-refractivity contribution in [3.8, 4) is 0 Å². The number of nitrogens with zero attached hydrogens (tertiary/aromatic N) is 1. The van der Waals surface area contributed by atoms with E-state index in [0.717, 1.165) is 56.5 Å². The lowest BCUT2D eigenvalue weighted by Crippen LogP contribution is -2.33. The first kappa shape index (κ1) is 60.4. The minimum atomic E-state index is -0.648. The van der Waals surface area contributed by atoms with Crippen molar-refractivity contribution >= 4 is 6.29 Å². The number of aliphatic hydroxyl groups excluding tert-OH is 1. The molecule has 4 rings (SSSR count). The zero-order chi connectivity index (χ0) is 44.6. The van der Waals surface area contributed by atoms with Crippen LogP contribution < -0.4 is 11.5 Å². The van der Waals surface area contributed by atoms with E-state index in [1.54, 1.807) is 4.90 Å². The van der Waals surface area contributed by atoms with Crippen LogP contribution in [0.4, 0.5) is 0 Å². The molecule has 2 aliphatic carbocycles. The van der Waals surface area contributed by atoms with Gasteiger partial charge in [0.05, 0.1) is 0 Å². The van der Waals surface area contributed by atoms with E-state index < -0.39 is 6.23 Å². The highest BCUT2D eigenvalue weighted by Gasteiger charge is 2.21. The first-order valence-electron chi connectivity index (χ1n) is 22.2. The van der Waals surface area contributed by atoms with Crippen molar-refractivity contribution in [1.82, 2.24) is 4.90 Å². The van der Waals surface area contributed by atoms with Crippen molar-refractivity contribution in [1.29, 1.82) is 0 Å². The number of carbonyl (C=O) groups is 1. The van der Waals surface area contributed by atoms with E-state index in [1.165, 1.54) is 73.4 Å². The van der Waals surface area contributed by atoms with E-state index in [2.05, 4.69) is 135 Å². The molecule has 57 heavy (non-hydrogen) atoms. The number of aldehydes is 1. The lowest BCUT2D eigenvalue weighted by atomic mass is 9.88. The number of rotatable bonds is 14. The Balaban J connectivity index is -0.000000341. The van der Waals surface area contributed by atoms with Crippen LogP contribution >= 0.6 is 0 Å². The van der Waals surface area contributed by atoms with E-state index in [-0.39, 0.29) is 5.92 Å². The summed E-state index contributed by atoms with van der Waals surface area (Å²) >= 11 is 0. The lowest BCUT2D eigenvalue weighted by molar-refractivity contribution is -0.113. The van der Waals surface area contributed by atoms with Crippen LogP contribution in [0.25, 0.3) is 0 Å². The van der Waals surface area contributed by atoms with Crippen LogP contribution in [0.5, 0.6) is 0 Å². The van der Waals surface area contributed by atoms with Gasteiger partial charge in [0.2, 0.25) is 0 Å². The molecule has 5 N–H and O–H groups in total. The Labute approximate surface area is 355 Å². The molecule has 0 radical (unpaired) electrons. The SMILES string of the molecule is C=C.C=C(CC(C)C)N(C)C(O)C[C@@H](C=O)CCC1=C(C)C=CC1C.CC.CC.CCC1CCCCC1.CCc1ccccc1.CN.Cc1ccc(CCN)cc1. The molecule has 0 spiro atoms. The third-order valence-electron chi connectivity index (χ3n) is 9.88. The molecule has 0 amide bonds. The fraction of sp³-hybridized carbons (Fsp3) is 0.596. The van der Waals surface area contributed by atoms with E-state index >= 15 is 0 Å². The van der Waals surface area contributed by atoms with Gasteiger partial charge in [0, 0.05) is 25.1 Å². The molecule has 2 unspecified atom stereocenters. The third-order valence-corrected chi connectivity index (χ3v) is 9.88. The Morgan fingerprint density at radius 2 is 1.44 bits per heavy atom. The van der Waals surface area contributed by atoms with Crippen molar-refractivity contribution in [2.24, 2.45) is 35.1 Å². The van der Waals surface area contributed by atoms with E-state index in [1.807, 2.05) is 40.8 Å². The van der Waals surface area contributed by atoms with Gasteiger partial charge in [0.1, 0.15) is 12.5 Å². The number of nitrogens with two attached hydrogens (primary N) is 2. The van der Waals surface area contributed by atoms with Crippen molar-refractivity contribution in [3.63, 3.8) is 0 Å². The van der Waals surface area contributed by atoms with Gasteiger partial charge in [0.15, 0.2) is 0 Å². The molecule has 0 saturated heterocycles. The van der Waals surface area contributed by atoms with Gasteiger partial charge in [-0.3, -0.25) is 0 Å². The summed E-state index contributed by atoms with van der Waals surface area (Å²) in [7, 11) is 3.35. The highest BCUT2D eigenvalue weighted by molar-refractivity contribution is 5.53. The summed E-state index contributed by atoms with van der Waals surface area (Å²) in [5.74, 6) is 1.95. The quantitative estimate of drug-likeness (QED) is 0.101. The van der Waals surface area contributed by atoms with Crippen molar-refractivity contribution < 1.29 is 9.90 Å². The zero-order valence-electron chi connectivity index (χ0n) is 39.6. The minimum absolute atomic E-state index is 0.118. The van der Waals surface area contributed by atoms with Crippen molar-refractivity contribution in [2.75, 3.05) is 20.6 Å². The van der Waals surface area contributed by atoms with E-state index in [4.69, 9.17) is 5.73 Å². The maximum atomic E-state index is 11.4. The second-order valence-electron chi connectivity index (χ2n) is 14.6. The molecule has 0 bridgehead atoms. The maximum Gasteiger partial charge on any atom is 0.127 e. The molecule has 5 heteroatoms. The summed E-state index contributed by atoms with van der Waals surface area (Å²) in [5, 5.41) is 10.4. The summed E-state index contributed by atoms with van der Waals surface area (Å²) in [4.78, 5) is 13.2. The fourth-order valence-electron chi connectivity index (χ4n) is 6.36. The molecule has 2 aliphatic rings. The summed E-state index contributed by atoms with van der Waals surface area (Å²) in [6.07, 6.45) is 18.8. The van der Waals surface area contributed by atoms with Crippen LogP contribution in [0, 0.1) is 30.6 Å². The molecule has 5 nitrogen and oxygen atoms in total. The summed E-state index contributed by atoms with van der Waals surface area (Å²) in [6, 6.07) is 18.9. The Bertz CT molecular complexity index is 1230. The number of aryl methyl sites for hydroxylation is 2. The number of hydrogen-bond acceptors (Lipinski definition) is 5. The predicted molar refractivity (Wildman–Crippen MR) is 257 cm³/mol. The molecule has 0 aliphatic heterocycles. The number of allylic oxidation sites excluding steroid dienone is 5. The van der Waals surface area contributed by atoms with Gasteiger partial charge < -0.3 is 26.3 Å². The highest BCUT2D eigenvalue weighted by atomic mass is 16.3. The van der Waals surface area contributed by atoms with Crippen LogP contribution in [-0.2, 0) is 17.6 Å². The average molecular weight is 792 g/mol. The molecule has 2 aromatic rings.